The van der Waals surface area contributed by atoms with Crippen LogP contribution in [0.2, 0.25) is 5.02 Å². The maximum atomic E-state index is 13.4. The summed E-state index contributed by atoms with van der Waals surface area (Å²) in [5.41, 5.74) is 2.37. The molecule has 12 heteroatoms. The summed E-state index contributed by atoms with van der Waals surface area (Å²) in [5.74, 6) is -0.578. The fourth-order valence-electron chi connectivity index (χ4n) is 3.74. The molecular weight excluding hydrogens is 477 g/mol. The summed E-state index contributed by atoms with van der Waals surface area (Å²) < 4.78 is 44.5. The molecule has 1 fully saturated rings. The molecule has 3 heterocycles. The van der Waals surface area contributed by atoms with Gasteiger partial charge in [-0.25, -0.2) is 4.39 Å². The highest BCUT2D eigenvalue weighted by Crippen LogP contribution is 2.39. The Balaban J connectivity index is 1.59. The van der Waals surface area contributed by atoms with Crippen LogP contribution in [0.3, 0.4) is 0 Å². The van der Waals surface area contributed by atoms with Crippen LogP contribution in [0.5, 0.6) is 0 Å². The Morgan fingerprint density at radius 2 is 2.12 bits per heavy atom. The van der Waals surface area contributed by atoms with Crippen LogP contribution in [-0.4, -0.2) is 46.9 Å². The first-order valence-corrected chi connectivity index (χ1v) is 12.4. The molecule has 1 aliphatic rings. The normalized spacial score (nSPS) is 22.1. The number of aliphatic hydroxyl groups excluding tert-OH is 1. The largest absolute Gasteiger partial charge is 0.372 e. The predicted molar refractivity (Wildman–Crippen MR) is 123 cm³/mol. The van der Waals surface area contributed by atoms with Gasteiger partial charge in [-0.05, 0) is 43.2 Å². The van der Waals surface area contributed by atoms with Crippen molar-refractivity contribution in [1.82, 2.24) is 18.8 Å². The van der Waals surface area contributed by atoms with Crippen molar-refractivity contribution in [3.8, 4) is 10.4 Å². The van der Waals surface area contributed by atoms with E-state index in [9.17, 15) is 17.9 Å². The molecule has 0 spiro atoms. The molecule has 1 aromatic carbocycles. The van der Waals surface area contributed by atoms with Crippen LogP contribution in [0, 0.1) is 12.7 Å². The van der Waals surface area contributed by atoms with E-state index in [2.05, 4.69) is 15.1 Å². The van der Waals surface area contributed by atoms with Crippen LogP contribution in [0.4, 0.5) is 10.1 Å². The van der Waals surface area contributed by atoms with E-state index in [1.807, 2.05) is 26.2 Å². The molecule has 4 rings (SSSR count). The number of benzene rings is 1. The molecule has 8 nitrogen and oxygen atoms in total. The summed E-state index contributed by atoms with van der Waals surface area (Å²) in [6.45, 7) is 1.97. The van der Waals surface area contributed by atoms with Gasteiger partial charge in [-0.3, -0.25) is 4.68 Å². The lowest BCUT2D eigenvalue weighted by Crippen LogP contribution is -2.57. The molecule has 2 aromatic heterocycles. The van der Waals surface area contributed by atoms with Crippen LogP contribution < -0.4 is 10.0 Å². The molecule has 0 aliphatic carbocycles. The van der Waals surface area contributed by atoms with Crippen molar-refractivity contribution in [3.63, 3.8) is 0 Å². The molecule has 0 saturated carbocycles. The van der Waals surface area contributed by atoms with E-state index in [0.717, 1.165) is 25.2 Å². The zero-order valence-corrected chi connectivity index (χ0v) is 20.0. The van der Waals surface area contributed by atoms with E-state index >= 15 is 0 Å². The van der Waals surface area contributed by atoms with Gasteiger partial charge in [0, 0.05) is 41.3 Å². The highest BCUT2D eigenvalue weighted by Gasteiger charge is 2.41. The molecule has 3 N–H and O–H groups in total. The number of nitrogens with one attached hydrogen (secondary N) is 2. The van der Waals surface area contributed by atoms with E-state index in [1.165, 1.54) is 36.6 Å². The Labute approximate surface area is 194 Å². The molecule has 1 aliphatic heterocycles. The Morgan fingerprint density at radius 3 is 2.78 bits per heavy atom. The second kappa shape index (κ2) is 8.73. The van der Waals surface area contributed by atoms with Crippen LogP contribution >= 0.6 is 22.9 Å². The minimum absolute atomic E-state index is 0.0941. The SMILES string of the molecule is Cc1cc([C@@H]2C[C@H](C(O)Nc3ccc(F)c(Cl)c3)N(C)S(=O)(=O)N2)sc1-c1cnn(C)c1. The molecule has 3 aromatic rings. The third kappa shape index (κ3) is 4.54. The van der Waals surface area contributed by atoms with Gasteiger partial charge >= 0.3 is 0 Å². The van der Waals surface area contributed by atoms with Crippen molar-refractivity contribution in [2.24, 2.45) is 7.05 Å². The number of hydrogen-bond donors (Lipinski definition) is 3. The van der Waals surface area contributed by atoms with Crippen LogP contribution in [0.15, 0.2) is 36.7 Å². The van der Waals surface area contributed by atoms with Crippen molar-refractivity contribution < 1.29 is 17.9 Å². The van der Waals surface area contributed by atoms with Gasteiger partial charge in [0.15, 0.2) is 0 Å². The topological polar surface area (TPSA) is 99.5 Å². The van der Waals surface area contributed by atoms with Crippen LogP contribution in [0.25, 0.3) is 10.4 Å². The Bertz CT molecular complexity index is 1250. The summed E-state index contributed by atoms with van der Waals surface area (Å²) in [6.07, 6.45) is 2.77. The molecule has 3 atom stereocenters. The first kappa shape index (κ1) is 23.1. The Hall–Kier alpha value is -2.02. The Kier molecular flexibility index (Phi) is 6.31. The number of rotatable bonds is 5. The van der Waals surface area contributed by atoms with Crippen molar-refractivity contribution in [1.29, 1.82) is 0 Å². The number of thiophene rings is 1. The van der Waals surface area contributed by atoms with Gasteiger partial charge in [-0.2, -0.15) is 22.5 Å². The van der Waals surface area contributed by atoms with Crippen LogP contribution in [-0.2, 0) is 17.3 Å². The van der Waals surface area contributed by atoms with Crippen molar-refractivity contribution >= 4 is 38.8 Å². The maximum absolute atomic E-state index is 13.4. The molecule has 0 amide bonds. The van der Waals surface area contributed by atoms with Crippen molar-refractivity contribution in [3.05, 3.63) is 57.9 Å². The number of likely N-dealkylation sites (N-methyl/N-ethyl adjacent to an activating group) is 1. The van der Waals surface area contributed by atoms with Gasteiger partial charge in [0.1, 0.15) is 12.0 Å². The van der Waals surface area contributed by atoms with Gasteiger partial charge in [0.05, 0.1) is 23.3 Å². The van der Waals surface area contributed by atoms with Gasteiger partial charge in [0.2, 0.25) is 0 Å². The van der Waals surface area contributed by atoms with Crippen LogP contribution in [0.1, 0.15) is 22.9 Å². The predicted octanol–water partition coefficient (Wildman–Crippen LogP) is 3.26. The summed E-state index contributed by atoms with van der Waals surface area (Å²) in [4.78, 5) is 1.86. The minimum atomic E-state index is -3.84. The number of aliphatic hydroxyl groups is 1. The quantitative estimate of drug-likeness (QED) is 0.468. The molecule has 1 unspecified atom stereocenters. The summed E-state index contributed by atoms with van der Waals surface area (Å²) in [6, 6.07) is 4.64. The smallest absolute Gasteiger partial charge is 0.280 e. The second-order valence-corrected chi connectivity index (χ2v) is 11.0. The lowest BCUT2D eigenvalue weighted by atomic mass is 10.0. The molecule has 172 valence electrons. The number of nitrogens with zero attached hydrogens (tertiary/aromatic N) is 3. The average molecular weight is 500 g/mol. The minimum Gasteiger partial charge on any atom is -0.372 e. The van der Waals surface area contributed by atoms with E-state index in [-0.39, 0.29) is 5.02 Å². The standard InChI is InChI=1S/C20H23ClFN5O3S2/c1-11-6-18(31-19(11)12-9-23-26(2)10-12)16-8-17(27(3)32(29,30)25-16)20(28)24-13-4-5-15(22)14(21)7-13/h4-7,9-10,16-17,20,24-25,28H,8H2,1-3H3/t16-,17+,20?/m0/s1. The van der Waals surface area contributed by atoms with Crippen molar-refractivity contribution in [2.45, 2.75) is 31.7 Å². The molecule has 0 bridgehead atoms. The number of anilines is 1. The number of halogens is 2. The molecule has 32 heavy (non-hydrogen) atoms. The Morgan fingerprint density at radius 1 is 1.38 bits per heavy atom. The lowest BCUT2D eigenvalue weighted by Gasteiger charge is -2.39. The first-order valence-electron chi connectivity index (χ1n) is 9.79. The monoisotopic (exact) mass is 499 g/mol. The highest BCUT2D eigenvalue weighted by molar-refractivity contribution is 7.87. The van der Waals surface area contributed by atoms with E-state index < -0.39 is 34.3 Å². The average Bonchev–Trinajstić information content (AvgIpc) is 3.32. The summed E-state index contributed by atoms with van der Waals surface area (Å²) in [7, 11) is -0.589. The van der Waals surface area contributed by atoms with E-state index in [4.69, 9.17) is 11.6 Å². The van der Waals surface area contributed by atoms with Gasteiger partial charge < -0.3 is 10.4 Å². The van der Waals surface area contributed by atoms with Crippen molar-refractivity contribution in [2.75, 3.05) is 12.4 Å². The zero-order chi connectivity index (χ0) is 23.2. The van der Waals surface area contributed by atoms with Gasteiger partial charge in [-0.15, -0.1) is 11.3 Å². The molecule has 0 radical (unpaired) electrons. The summed E-state index contributed by atoms with van der Waals surface area (Å²) in [5, 5.41) is 17.7. The fourth-order valence-corrected chi connectivity index (χ4v) is 6.51. The fraction of sp³-hybridized carbons (Fsp3) is 0.350. The number of hydrogen-bond acceptors (Lipinski definition) is 6. The molecule has 1 saturated heterocycles. The highest BCUT2D eigenvalue weighted by atomic mass is 35.5. The van der Waals surface area contributed by atoms with Gasteiger partial charge in [-0.1, -0.05) is 11.6 Å². The summed E-state index contributed by atoms with van der Waals surface area (Å²) >= 11 is 7.31. The molecular formula is C20H23ClFN5O3S2. The number of aryl methyl sites for hydroxylation is 2. The maximum Gasteiger partial charge on any atom is 0.280 e. The number of aromatic nitrogens is 2. The van der Waals surface area contributed by atoms with Gasteiger partial charge in [0.25, 0.3) is 10.2 Å². The third-order valence-electron chi connectivity index (χ3n) is 5.46. The second-order valence-electron chi connectivity index (χ2n) is 7.78. The third-order valence-corrected chi connectivity index (χ3v) is 8.76. The van der Waals surface area contributed by atoms with E-state index in [0.29, 0.717) is 12.1 Å². The van der Waals surface area contributed by atoms with E-state index in [1.54, 1.807) is 10.9 Å². The first-order chi connectivity index (χ1) is 15.0. The lowest BCUT2D eigenvalue weighted by molar-refractivity contribution is 0.102. The zero-order valence-electron chi connectivity index (χ0n) is 17.6.